The SMILES string of the molecule is COc1ccc(NC(=O)N2CCN(C(=O)OC(C)(C)C)C[C@@H]2C)cc1Br. The van der Waals surface area contributed by atoms with Gasteiger partial charge in [0.25, 0.3) is 0 Å². The van der Waals surface area contributed by atoms with Gasteiger partial charge < -0.3 is 24.6 Å². The molecule has 0 bridgehead atoms. The van der Waals surface area contributed by atoms with Crippen molar-refractivity contribution < 1.29 is 19.1 Å². The van der Waals surface area contributed by atoms with Crippen molar-refractivity contribution in [1.82, 2.24) is 9.80 Å². The van der Waals surface area contributed by atoms with E-state index in [1.807, 2.05) is 27.7 Å². The van der Waals surface area contributed by atoms with E-state index in [1.54, 1.807) is 35.1 Å². The summed E-state index contributed by atoms with van der Waals surface area (Å²) in [5, 5.41) is 2.88. The number of nitrogens with zero attached hydrogens (tertiary/aromatic N) is 2. The van der Waals surface area contributed by atoms with E-state index in [0.29, 0.717) is 31.1 Å². The molecular weight excluding hydrogens is 402 g/mol. The molecule has 3 amide bonds. The van der Waals surface area contributed by atoms with Crippen molar-refractivity contribution in [2.45, 2.75) is 39.3 Å². The van der Waals surface area contributed by atoms with Crippen LogP contribution < -0.4 is 10.1 Å². The molecule has 0 aromatic heterocycles. The summed E-state index contributed by atoms with van der Waals surface area (Å²) in [5.74, 6) is 0.697. The van der Waals surface area contributed by atoms with Crippen LogP contribution in [0, 0.1) is 0 Å². The highest BCUT2D eigenvalue weighted by atomic mass is 79.9. The summed E-state index contributed by atoms with van der Waals surface area (Å²) in [4.78, 5) is 28.1. The smallest absolute Gasteiger partial charge is 0.410 e. The van der Waals surface area contributed by atoms with E-state index in [9.17, 15) is 9.59 Å². The number of carbonyl (C=O) groups is 2. The maximum atomic E-state index is 12.6. The molecule has 0 aliphatic carbocycles. The Labute approximate surface area is 162 Å². The lowest BCUT2D eigenvalue weighted by molar-refractivity contribution is 0.0112. The molecule has 8 heteroatoms. The Morgan fingerprint density at radius 2 is 1.96 bits per heavy atom. The van der Waals surface area contributed by atoms with Gasteiger partial charge in [-0.05, 0) is 61.8 Å². The standard InChI is InChI=1S/C18H26BrN3O4/c1-12-11-21(17(24)26-18(2,3)4)8-9-22(12)16(23)20-13-6-7-15(25-5)14(19)10-13/h6-7,10,12H,8-9,11H2,1-5H3,(H,20,23)/t12-/m0/s1. The van der Waals surface area contributed by atoms with E-state index in [1.165, 1.54) is 0 Å². The van der Waals surface area contributed by atoms with Crippen molar-refractivity contribution in [3.05, 3.63) is 22.7 Å². The number of rotatable bonds is 2. The second-order valence-electron chi connectivity index (χ2n) is 7.25. The van der Waals surface area contributed by atoms with E-state index in [2.05, 4.69) is 21.2 Å². The van der Waals surface area contributed by atoms with Crippen molar-refractivity contribution in [3.8, 4) is 5.75 Å². The zero-order valence-electron chi connectivity index (χ0n) is 15.8. The van der Waals surface area contributed by atoms with Gasteiger partial charge in [-0.15, -0.1) is 0 Å². The maximum absolute atomic E-state index is 12.6. The molecule has 0 radical (unpaired) electrons. The Balaban J connectivity index is 1.95. The van der Waals surface area contributed by atoms with Crippen LogP contribution in [0.1, 0.15) is 27.7 Å². The number of halogens is 1. The van der Waals surface area contributed by atoms with Crippen LogP contribution in [0.4, 0.5) is 15.3 Å². The summed E-state index contributed by atoms with van der Waals surface area (Å²) < 4.78 is 11.4. The lowest BCUT2D eigenvalue weighted by Gasteiger charge is -2.40. The van der Waals surface area contributed by atoms with Gasteiger partial charge in [0, 0.05) is 31.4 Å². The van der Waals surface area contributed by atoms with Crippen LogP contribution in [0.25, 0.3) is 0 Å². The maximum Gasteiger partial charge on any atom is 0.410 e. The number of benzene rings is 1. The Hall–Kier alpha value is -1.96. The first-order chi connectivity index (χ1) is 12.1. The van der Waals surface area contributed by atoms with Gasteiger partial charge in [-0.3, -0.25) is 0 Å². The lowest BCUT2D eigenvalue weighted by atomic mass is 10.2. The van der Waals surface area contributed by atoms with Crippen LogP contribution in [0.5, 0.6) is 5.75 Å². The third kappa shape index (κ3) is 5.27. The number of hydrogen-bond acceptors (Lipinski definition) is 4. The number of hydrogen-bond donors (Lipinski definition) is 1. The third-order valence-electron chi connectivity index (χ3n) is 3.94. The van der Waals surface area contributed by atoms with Crippen LogP contribution in [-0.2, 0) is 4.74 Å². The summed E-state index contributed by atoms with van der Waals surface area (Å²) >= 11 is 3.40. The topological polar surface area (TPSA) is 71.1 Å². The van der Waals surface area contributed by atoms with Gasteiger partial charge in [0.15, 0.2) is 0 Å². The molecule has 1 N–H and O–H groups in total. The number of ether oxygens (including phenoxy) is 2. The first-order valence-corrected chi connectivity index (χ1v) is 9.29. The Kier molecular flexibility index (Phi) is 6.39. The van der Waals surface area contributed by atoms with Crippen molar-refractivity contribution in [3.63, 3.8) is 0 Å². The molecule has 0 unspecified atom stereocenters. The molecule has 144 valence electrons. The number of piperazine rings is 1. The zero-order chi connectivity index (χ0) is 19.5. The van der Waals surface area contributed by atoms with Gasteiger partial charge in [-0.1, -0.05) is 0 Å². The number of amides is 3. The largest absolute Gasteiger partial charge is 0.496 e. The molecule has 0 saturated carbocycles. The highest BCUT2D eigenvalue weighted by Gasteiger charge is 2.32. The molecule has 1 aromatic carbocycles. The van der Waals surface area contributed by atoms with Crippen molar-refractivity contribution in [1.29, 1.82) is 0 Å². The number of methoxy groups -OCH3 is 1. The van der Waals surface area contributed by atoms with Crippen LogP contribution in [-0.4, -0.2) is 60.3 Å². The highest BCUT2D eigenvalue weighted by Crippen LogP contribution is 2.28. The lowest BCUT2D eigenvalue weighted by Crippen LogP contribution is -2.57. The van der Waals surface area contributed by atoms with Crippen molar-refractivity contribution >= 4 is 33.7 Å². The number of urea groups is 1. The van der Waals surface area contributed by atoms with E-state index >= 15 is 0 Å². The molecule has 1 atom stereocenters. The van der Waals surface area contributed by atoms with E-state index in [0.717, 1.165) is 4.47 Å². The molecule has 1 heterocycles. The van der Waals surface area contributed by atoms with Gasteiger partial charge in [-0.2, -0.15) is 0 Å². The van der Waals surface area contributed by atoms with Crippen molar-refractivity contribution in [2.75, 3.05) is 32.1 Å². The quantitative estimate of drug-likeness (QED) is 0.775. The molecular formula is C18H26BrN3O4. The minimum absolute atomic E-state index is 0.113. The average Bonchev–Trinajstić information content (AvgIpc) is 2.53. The molecule has 0 spiro atoms. The number of anilines is 1. The second-order valence-corrected chi connectivity index (χ2v) is 8.10. The van der Waals surface area contributed by atoms with Gasteiger partial charge in [0.05, 0.1) is 11.6 Å². The minimum Gasteiger partial charge on any atom is -0.496 e. The fourth-order valence-corrected chi connectivity index (χ4v) is 3.23. The molecule has 1 fully saturated rings. The molecule has 26 heavy (non-hydrogen) atoms. The number of nitrogens with one attached hydrogen (secondary N) is 1. The molecule has 7 nitrogen and oxygen atoms in total. The number of carbonyl (C=O) groups excluding carboxylic acids is 2. The predicted molar refractivity (Wildman–Crippen MR) is 104 cm³/mol. The molecule has 1 aliphatic rings. The first kappa shape index (κ1) is 20.4. The van der Waals surface area contributed by atoms with Gasteiger partial charge in [0.1, 0.15) is 11.4 Å². The summed E-state index contributed by atoms with van der Waals surface area (Å²) in [6, 6.07) is 5.04. The van der Waals surface area contributed by atoms with Crippen LogP contribution in [0.3, 0.4) is 0 Å². The average molecular weight is 428 g/mol. The van der Waals surface area contributed by atoms with Crippen LogP contribution >= 0.6 is 15.9 Å². The fourth-order valence-electron chi connectivity index (χ4n) is 2.69. The van der Waals surface area contributed by atoms with Crippen LogP contribution in [0.15, 0.2) is 22.7 Å². The fraction of sp³-hybridized carbons (Fsp3) is 0.556. The Morgan fingerprint density at radius 1 is 1.27 bits per heavy atom. The zero-order valence-corrected chi connectivity index (χ0v) is 17.4. The predicted octanol–water partition coefficient (Wildman–Crippen LogP) is 3.93. The monoisotopic (exact) mass is 427 g/mol. The molecule has 1 aliphatic heterocycles. The third-order valence-corrected chi connectivity index (χ3v) is 4.56. The highest BCUT2D eigenvalue weighted by molar-refractivity contribution is 9.10. The molecule has 2 rings (SSSR count). The van der Waals surface area contributed by atoms with Crippen LogP contribution in [0.2, 0.25) is 0 Å². The summed E-state index contributed by atoms with van der Waals surface area (Å²) in [6.45, 7) is 8.76. The summed E-state index contributed by atoms with van der Waals surface area (Å²) in [7, 11) is 1.59. The summed E-state index contributed by atoms with van der Waals surface area (Å²) in [6.07, 6.45) is -0.344. The normalized spacial score (nSPS) is 17.7. The van der Waals surface area contributed by atoms with Gasteiger partial charge in [-0.25, -0.2) is 9.59 Å². The minimum atomic E-state index is -0.531. The van der Waals surface area contributed by atoms with E-state index in [4.69, 9.17) is 9.47 Å². The Morgan fingerprint density at radius 3 is 2.50 bits per heavy atom. The Bertz CT molecular complexity index is 675. The van der Waals surface area contributed by atoms with E-state index < -0.39 is 5.60 Å². The summed E-state index contributed by atoms with van der Waals surface area (Å²) in [5.41, 5.74) is 0.140. The second kappa shape index (κ2) is 8.16. The van der Waals surface area contributed by atoms with Gasteiger partial charge in [0.2, 0.25) is 0 Å². The first-order valence-electron chi connectivity index (χ1n) is 8.50. The van der Waals surface area contributed by atoms with Crippen molar-refractivity contribution in [2.24, 2.45) is 0 Å². The van der Waals surface area contributed by atoms with Gasteiger partial charge >= 0.3 is 12.1 Å². The molecule has 1 saturated heterocycles. The van der Waals surface area contributed by atoms with E-state index in [-0.39, 0.29) is 18.2 Å². The molecule has 1 aromatic rings.